The van der Waals surface area contributed by atoms with Crippen LogP contribution in [0.3, 0.4) is 0 Å². The maximum absolute atomic E-state index is 15.0. The minimum absolute atomic E-state index is 0.0230. The van der Waals surface area contributed by atoms with Crippen molar-refractivity contribution in [2.75, 3.05) is 0 Å². The number of nitrogens with zero attached hydrogens (tertiary/aromatic N) is 1. The molecule has 0 aliphatic heterocycles. The first-order valence-electron chi connectivity index (χ1n) is 12.6. The lowest BCUT2D eigenvalue weighted by Gasteiger charge is -2.29. The van der Waals surface area contributed by atoms with E-state index in [1.807, 2.05) is 18.2 Å². The highest BCUT2D eigenvalue weighted by atomic mass is 19.1. The maximum Gasteiger partial charge on any atom is 0.148 e. The zero-order valence-electron chi connectivity index (χ0n) is 19.8. The normalized spacial score (nSPS) is 18.2. The number of fused-ring (bicyclic) bond motifs is 1. The van der Waals surface area contributed by atoms with Crippen molar-refractivity contribution in [2.24, 2.45) is 5.92 Å². The van der Waals surface area contributed by atoms with Gasteiger partial charge in [0, 0.05) is 10.9 Å². The predicted molar refractivity (Wildman–Crippen MR) is 131 cm³/mol. The summed E-state index contributed by atoms with van der Waals surface area (Å²) in [6, 6.07) is 13.4. The van der Waals surface area contributed by atoms with Crippen LogP contribution < -0.4 is 0 Å². The Labute approximate surface area is 200 Å². The van der Waals surface area contributed by atoms with Crippen molar-refractivity contribution in [3.05, 3.63) is 82.2 Å². The van der Waals surface area contributed by atoms with Crippen molar-refractivity contribution in [2.45, 2.75) is 77.0 Å². The average Bonchev–Trinajstić information content (AvgIpc) is 2.84. The molecule has 4 rings (SSSR count). The first-order valence-corrected chi connectivity index (χ1v) is 12.6. The molecule has 1 saturated carbocycles. The van der Waals surface area contributed by atoms with Gasteiger partial charge in [-0.15, -0.1) is 0 Å². The van der Waals surface area contributed by atoms with Gasteiger partial charge < -0.3 is 0 Å². The third-order valence-corrected chi connectivity index (χ3v) is 7.45. The molecule has 0 spiro atoms. The first kappa shape index (κ1) is 24.3. The molecule has 0 heterocycles. The van der Waals surface area contributed by atoms with Crippen LogP contribution in [0.4, 0.5) is 13.2 Å². The molecule has 0 radical (unpaired) electrons. The molecule has 0 bridgehead atoms. The molecule has 34 heavy (non-hydrogen) atoms. The number of aryl methyl sites for hydroxylation is 2. The summed E-state index contributed by atoms with van der Waals surface area (Å²) in [6.45, 7) is 2.21. The SMILES string of the molecule is CCCCCC1CCC(c2c(F)cc(CCc3ccc4c(F)c(C#N)ccc4c3)cc2F)CC1. The highest BCUT2D eigenvalue weighted by Crippen LogP contribution is 2.40. The summed E-state index contributed by atoms with van der Waals surface area (Å²) in [5, 5.41) is 10.1. The van der Waals surface area contributed by atoms with Crippen molar-refractivity contribution < 1.29 is 13.2 Å². The zero-order chi connectivity index (χ0) is 24.1. The number of rotatable bonds is 8. The van der Waals surface area contributed by atoms with Gasteiger partial charge in [-0.05, 0) is 85.1 Å². The van der Waals surface area contributed by atoms with Crippen LogP contribution in [0.25, 0.3) is 10.8 Å². The van der Waals surface area contributed by atoms with Gasteiger partial charge in [0.2, 0.25) is 0 Å². The monoisotopic (exact) mass is 463 g/mol. The third kappa shape index (κ3) is 5.46. The van der Waals surface area contributed by atoms with E-state index in [1.165, 1.54) is 43.9 Å². The number of hydrogen-bond donors (Lipinski definition) is 0. The molecule has 3 aromatic carbocycles. The fourth-order valence-electron chi connectivity index (χ4n) is 5.47. The van der Waals surface area contributed by atoms with Gasteiger partial charge in [-0.3, -0.25) is 0 Å². The van der Waals surface area contributed by atoms with E-state index in [2.05, 4.69) is 6.92 Å². The molecule has 1 aliphatic rings. The van der Waals surface area contributed by atoms with E-state index >= 15 is 0 Å². The lowest BCUT2D eigenvalue weighted by molar-refractivity contribution is 0.295. The highest BCUT2D eigenvalue weighted by molar-refractivity contribution is 5.85. The van der Waals surface area contributed by atoms with E-state index < -0.39 is 17.5 Å². The fraction of sp³-hybridized carbons (Fsp3) is 0.433. The molecule has 0 unspecified atom stereocenters. The highest BCUT2D eigenvalue weighted by Gasteiger charge is 2.27. The molecule has 0 atom stereocenters. The van der Waals surface area contributed by atoms with Crippen LogP contribution in [0.15, 0.2) is 42.5 Å². The lowest BCUT2D eigenvalue weighted by atomic mass is 9.76. The van der Waals surface area contributed by atoms with Crippen LogP contribution in [-0.4, -0.2) is 0 Å². The minimum Gasteiger partial charge on any atom is -0.207 e. The molecular weight excluding hydrogens is 431 g/mol. The number of unbranched alkanes of at least 4 members (excludes halogenated alkanes) is 2. The minimum atomic E-state index is -0.513. The summed E-state index contributed by atoms with van der Waals surface area (Å²) < 4.78 is 44.3. The Bertz CT molecular complexity index is 1160. The van der Waals surface area contributed by atoms with Crippen LogP contribution in [0, 0.1) is 34.7 Å². The van der Waals surface area contributed by atoms with E-state index in [9.17, 15) is 13.2 Å². The standard InChI is InChI=1S/C30H32F3N/c1-2-3-4-5-20-8-11-23(12-9-20)29-27(31)17-22(18-28(29)32)7-6-21-10-15-26-24(16-21)13-14-25(19-34)30(26)33/h10,13-18,20,23H,2-9,11-12H2,1H3. The van der Waals surface area contributed by atoms with Crippen LogP contribution in [-0.2, 0) is 12.8 Å². The molecule has 1 fully saturated rings. The molecular formula is C30H32F3N. The third-order valence-electron chi connectivity index (χ3n) is 7.45. The van der Waals surface area contributed by atoms with Crippen molar-refractivity contribution in [3.63, 3.8) is 0 Å². The number of benzene rings is 3. The summed E-state index contributed by atoms with van der Waals surface area (Å²) in [5.41, 5.74) is 1.89. The van der Waals surface area contributed by atoms with Gasteiger partial charge in [-0.25, -0.2) is 13.2 Å². The van der Waals surface area contributed by atoms with E-state index in [4.69, 9.17) is 5.26 Å². The summed E-state index contributed by atoms with van der Waals surface area (Å²) in [7, 11) is 0. The number of hydrogen-bond acceptors (Lipinski definition) is 1. The first-order chi connectivity index (χ1) is 16.5. The van der Waals surface area contributed by atoms with Gasteiger partial charge in [-0.1, -0.05) is 56.9 Å². The van der Waals surface area contributed by atoms with Gasteiger partial charge in [0.25, 0.3) is 0 Å². The van der Waals surface area contributed by atoms with Crippen molar-refractivity contribution in [3.8, 4) is 6.07 Å². The van der Waals surface area contributed by atoms with E-state index in [-0.39, 0.29) is 17.0 Å². The van der Waals surface area contributed by atoms with Gasteiger partial charge >= 0.3 is 0 Å². The summed E-state index contributed by atoms with van der Waals surface area (Å²) in [4.78, 5) is 0. The van der Waals surface area contributed by atoms with Crippen molar-refractivity contribution in [1.82, 2.24) is 0 Å². The summed E-state index contributed by atoms with van der Waals surface area (Å²) >= 11 is 0. The van der Waals surface area contributed by atoms with Gasteiger partial charge in [-0.2, -0.15) is 5.26 Å². The Morgan fingerprint density at radius 3 is 2.24 bits per heavy atom. The molecule has 0 aromatic heterocycles. The van der Waals surface area contributed by atoms with Crippen LogP contribution >= 0.6 is 0 Å². The Morgan fingerprint density at radius 1 is 0.853 bits per heavy atom. The largest absolute Gasteiger partial charge is 0.207 e. The second-order valence-corrected chi connectivity index (χ2v) is 9.78. The zero-order valence-corrected chi connectivity index (χ0v) is 19.8. The van der Waals surface area contributed by atoms with Gasteiger partial charge in [0.05, 0.1) is 5.56 Å². The molecule has 1 nitrogen and oxygen atoms in total. The molecule has 0 N–H and O–H groups in total. The van der Waals surface area contributed by atoms with Crippen molar-refractivity contribution >= 4 is 10.8 Å². The van der Waals surface area contributed by atoms with Crippen LogP contribution in [0.1, 0.15) is 86.5 Å². The Hall–Kier alpha value is -2.80. The quantitative estimate of drug-likeness (QED) is 0.306. The van der Waals surface area contributed by atoms with Gasteiger partial charge in [0.1, 0.15) is 23.5 Å². The smallest absolute Gasteiger partial charge is 0.148 e. The van der Waals surface area contributed by atoms with E-state index in [0.717, 1.165) is 31.2 Å². The number of nitriles is 1. The van der Waals surface area contributed by atoms with Gasteiger partial charge in [0.15, 0.2) is 0 Å². The molecule has 0 saturated heterocycles. The summed E-state index contributed by atoms with van der Waals surface area (Å²) in [5.74, 6) is -0.676. The molecule has 1 aliphatic carbocycles. The topological polar surface area (TPSA) is 23.8 Å². The molecule has 0 amide bonds. The average molecular weight is 464 g/mol. The Balaban J connectivity index is 1.40. The lowest BCUT2D eigenvalue weighted by Crippen LogP contribution is -2.16. The predicted octanol–water partition coefficient (Wildman–Crippen LogP) is 8.77. The molecule has 4 heteroatoms. The Morgan fingerprint density at radius 2 is 1.56 bits per heavy atom. The fourth-order valence-corrected chi connectivity index (χ4v) is 5.47. The maximum atomic E-state index is 15.0. The molecule has 3 aromatic rings. The summed E-state index contributed by atoms with van der Waals surface area (Å²) in [6.07, 6.45) is 9.95. The second-order valence-electron chi connectivity index (χ2n) is 9.78. The van der Waals surface area contributed by atoms with Crippen molar-refractivity contribution in [1.29, 1.82) is 5.26 Å². The van der Waals surface area contributed by atoms with E-state index in [1.54, 1.807) is 12.1 Å². The van der Waals surface area contributed by atoms with Crippen LogP contribution in [0.2, 0.25) is 0 Å². The number of halogens is 3. The second kappa shape index (κ2) is 11.1. The molecule has 178 valence electrons. The van der Waals surface area contributed by atoms with Crippen LogP contribution in [0.5, 0.6) is 0 Å². The van der Waals surface area contributed by atoms with E-state index in [0.29, 0.717) is 35.1 Å². The Kier molecular flexibility index (Phi) is 7.93.